The molecule has 5 nitrogen and oxygen atoms in total. The Morgan fingerprint density at radius 3 is 2.61 bits per heavy atom. The second-order valence-electron chi connectivity index (χ2n) is 7.11. The van der Waals surface area contributed by atoms with Crippen LogP contribution in [0.3, 0.4) is 0 Å². The highest BCUT2D eigenvalue weighted by molar-refractivity contribution is 5.95. The lowest BCUT2D eigenvalue weighted by molar-refractivity contribution is -0.125. The quantitative estimate of drug-likeness (QED) is 0.909. The Bertz CT molecular complexity index is 576. The second-order valence-corrected chi connectivity index (χ2v) is 7.11. The summed E-state index contributed by atoms with van der Waals surface area (Å²) < 4.78 is 10.9. The Kier molecular flexibility index (Phi) is 4.52. The number of aryl methyl sites for hydroxylation is 2. The first kappa shape index (κ1) is 16.5. The average molecular weight is 321 g/mol. The monoisotopic (exact) mass is 321 g/mol. The van der Waals surface area contributed by atoms with E-state index in [9.17, 15) is 9.90 Å². The molecule has 2 atom stereocenters. The molecule has 1 amide bonds. The Morgan fingerprint density at radius 2 is 2.04 bits per heavy atom. The third-order valence-corrected chi connectivity index (χ3v) is 5.62. The van der Waals surface area contributed by atoms with E-state index in [1.807, 2.05) is 24.8 Å². The molecule has 1 aromatic heterocycles. The van der Waals surface area contributed by atoms with Crippen molar-refractivity contribution in [3.63, 3.8) is 0 Å². The molecule has 0 aliphatic carbocycles. The minimum atomic E-state index is -0.679. The second kappa shape index (κ2) is 6.29. The fourth-order valence-corrected chi connectivity index (χ4v) is 4.14. The molecule has 1 aromatic rings. The zero-order valence-corrected chi connectivity index (χ0v) is 14.3. The van der Waals surface area contributed by atoms with Crippen LogP contribution in [0.4, 0.5) is 0 Å². The van der Waals surface area contributed by atoms with Gasteiger partial charge in [0, 0.05) is 32.2 Å². The average Bonchev–Trinajstić information content (AvgIpc) is 2.89. The number of likely N-dealkylation sites (tertiary alicyclic amines) is 1. The van der Waals surface area contributed by atoms with Crippen molar-refractivity contribution in [1.82, 2.24) is 4.90 Å². The third-order valence-electron chi connectivity index (χ3n) is 5.62. The van der Waals surface area contributed by atoms with Gasteiger partial charge in [-0.25, -0.2) is 0 Å². The van der Waals surface area contributed by atoms with E-state index >= 15 is 0 Å². The van der Waals surface area contributed by atoms with E-state index in [-0.39, 0.29) is 17.7 Å². The number of nitrogens with zero attached hydrogens (tertiary/aromatic N) is 1. The SMILES string of the molecule is Cc1cc(C(=O)N2CCC(O)(C3CCOCC3)C(C)C2)c(C)o1. The van der Waals surface area contributed by atoms with Crippen LogP contribution in [0.2, 0.25) is 0 Å². The molecule has 128 valence electrons. The van der Waals surface area contributed by atoms with E-state index < -0.39 is 5.60 Å². The number of rotatable bonds is 2. The molecular weight excluding hydrogens is 294 g/mol. The Labute approximate surface area is 137 Å². The summed E-state index contributed by atoms with van der Waals surface area (Å²) in [7, 11) is 0. The van der Waals surface area contributed by atoms with Crippen molar-refractivity contribution >= 4 is 5.91 Å². The molecule has 2 aliphatic rings. The number of amides is 1. The molecule has 2 aliphatic heterocycles. The summed E-state index contributed by atoms with van der Waals surface area (Å²) in [5.74, 6) is 1.79. The van der Waals surface area contributed by atoms with Crippen LogP contribution in [0.5, 0.6) is 0 Å². The van der Waals surface area contributed by atoms with E-state index in [2.05, 4.69) is 6.92 Å². The molecule has 0 bridgehead atoms. The summed E-state index contributed by atoms with van der Waals surface area (Å²) in [4.78, 5) is 14.6. The van der Waals surface area contributed by atoms with E-state index in [4.69, 9.17) is 9.15 Å². The molecule has 1 N–H and O–H groups in total. The summed E-state index contributed by atoms with van der Waals surface area (Å²) in [5.41, 5.74) is -0.0340. The van der Waals surface area contributed by atoms with E-state index in [1.165, 1.54) is 0 Å². The van der Waals surface area contributed by atoms with Crippen molar-refractivity contribution in [3.8, 4) is 0 Å². The fraction of sp³-hybridized carbons (Fsp3) is 0.722. The van der Waals surface area contributed by atoms with Gasteiger partial charge in [0.25, 0.3) is 5.91 Å². The first-order valence-electron chi connectivity index (χ1n) is 8.58. The highest BCUT2D eigenvalue weighted by Crippen LogP contribution is 2.39. The Hall–Kier alpha value is -1.33. The summed E-state index contributed by atoms with van der Waals surface area (Å²) in [5, 5.41) is 11.2. The molecule has 0 spiro atoms. The molecule has 2 unspecified atom stereocenters. The molecule has 3 heterocycles. The molecule has 0 aromatic carbocycles. The molecule has 0 radical (unpaired) electrons. The van der Waals surface area contributed by atoms with E-state index in [1.54, 1.807) is 0 Å². The molecule has 5 heteroatoms. The van der Waals surface area contributed by atoms with Gasteiger partial charge in [0.15, 0.2) is 0 Å². The summed E-state index contributed by atoms with van der Waals surface area (Å²) >= 11 is 0. The van der Waals surface area contributed by atoms with Gasteiger partial charge >= 0.3 is 0 Å². The summed E-state index contributed by atoms with van der Waals surface area (Å²) in [6.07, 6.45) is 2.46. The van der Waals surface area contributed by atoms with Crippen LogP contribution >= 0.6 is 0 Å². The van der Waals surface area contributed by atoms with Crippen molar-refractivity contribution in [1.29, 1.82) is 0 Å². The van der Waals surface area contributed by atoms with Crippen molar-refractivity contribution in [3.05, 3.63) is 23.2 Å². The third kappa shape index (κ3) is 3.04. The van der Waals surface area contributed by atoms with Gasteiger partial charge in [-0.2, -0.15) is 0 Å². The van der Waals surface area contributed by atoms with Crippen LogP contribution in [0.1, 0.15) is 48.1 Å². The van der Waals surface area contributed by atoms with Crippen molar-refractivity contribution < 1.29 is 19.1 Å². The molecule has 3 rings (SSSR count). The van der Waals surface area contributed by atoms with Gasteiger partial charge in [0.05, 0.1) is 11.2 Å². The van der Waals surface area contributed by atoms with Crippen LogP contribution in [-0.4, -0.2) is 47.8 Å². The van der Waals surface area contributed by atoms with Crippen LogP contribution in [-0.2, 0) is 4.74 Å². The maximum absolute atomic E-state index is 12.7. The van der Waals surface area contributed by atoms with Crippen molar-refractivity contribution in [2.24, 2.45) is 11.8 Å². The number of piperidine rings is 1. The lowest BCUT2D eigenvalue weighted by Gasteiger charge is -2.48. The summed E-state index contributed by atoms with van der Waals surface area (Å²) in [6.45, 7) is 8.39. The number of aliphatic hydroxyl groups is 1. The fourth-order valence-electron chi connectivity index (χ4n) is 4.14. The molecular formula is C18H27NO4. The van der Waals surface area contributed by atoms with E-state index in [0.717, 1.165) is 31.8 Å². The van der Waals surface area contributed by atoms with Gasteiger partial charge < -0.3 is 19.2 Å². The van der Waals surface area contributed by atoms with Crippen molar-refractivity contribution in [2.75, 3.05) is 26.3 Å². The van der Waals surface area contributed by atoms with Gasteiger partial charge in [0.2, 0.25) is 0 Å². The van der Waals surface area contributed by atoms with Crippen LogP contribution < -0.4 is 0 Å². The number of hydrogen-bond acceptors (Lipinski definition) is 4. The zero-order valence-electron chi connectivity index (χ0n) is 14.3. The van der Waals surface area contributed by atoms with Gasteiger partial charge in [0.1, 0.15) is 11.5 Å². The van der Waals surface area contributed by atoms with Gasteiger partial charge in [-0.3, -0.25) is 4.79 Å². The number of carbonyl (C=O) groups excluding carboxylic acids is 1. The molecule has 2 fully saturated rings. The Morgan fingerprint density at radius 1 is 1.35 bits per heavy atom. The zero-order chi connectivity index (χ0) is 16.6. The summed E-state index contributed by atoms with van der Waals surface area (Å²) in [6, 6.07) is 1.81. The highest BCUT2D eigenvalue weighted by Gasteiger charge is 2.46. The topological polar surface area (TPSA) is 62.9 Å². The van der Waals surface area contributed by atoms with Crippen molar-refractivity contribution in [2.45, 2.75) is 45.6 Å². The first-order valence-corrected chi connectivity index (χ1v) is 8.58. The smallest absolute Gasteiger partial charge is 0.257 e. The maximum atomic E-state index is 12.7. The van der Waals surface area contributed by atoms with Gasteiger partial charge in [-0.1, -0.05) is 6.92 Å². The van der Waals surface area contributed by atoms with Gasteiger partial charge in [-0.05, 0) is 45.1 Å². The predicted octanol–water partition coefficient (Wildman–Crippen LogP) is 2.54. The lowest BCUT2D eigenvalue weighted by Crippen LogP contribution is -2.56. The lowest BCUT2D eigenvalue weighted by atomic mass is 9.70. The number of ether oxygens (including phenoxy) is 1. The number of carbonyl (C=O) groups is 1. The maximum Gasteiger partial charge on any atom is 0.257 e. The standard InChI is InChI=1S/C18H27NO4/c1-12-11-19(17(20)16-10-13(2)23-14(16)3)7-6-18(12,21)15-4-8-22-9-5-15/h10,12,15,21H,4-9,11H2,1-3H3. The minimum Gasteiger partial charge on any atom is -0.466 e. The van der Waals surface area contributed by atoms with Gasteiger partial charge in [-0.15, -0.1) is 0 Å². The highest BCUT2D eigenvalue weighted by atomic mass is 16.5. The predicted molar refractivity (Wildman–Crippen MR) is 86.4 cm³/mol. The van der Waals surface area contributed by atoms with E-state index in [0.29, 0.717) is 30.8 Å². The number of furan rings is 1. The van der Waals surface area contributed by atoms with Crippen LogP contribution in [0.15, 0.2) is 10.5 Å². The first-order chi connectivity index (χ1) is 10.9. The van der Waals surface area contributed by atoms with Crippen LogP contribution in [0, 0.1) is 25.7 Å². The van der Waals surface area contributed by atoms with Crippen LogP contribution in [0.25, 0.3) is 0 Å². The molecule has 0 saturated carbocycles. The largest absolute Gasteiger partial charge is 0.466 e. The minimum absolute atomic E-state index is 0.0141. The Balaban J connectivity index is 1.70. The molecule has 23 heavy (non-hydrogen) atoms. The molecule has 2 saturated heterocycles. The number of hydrogen-bond donors (Lipinski definition) is 1. The normalized spacial score (nSPS) is 29.7.